The molecule has 0 radical (unpaired) electrons. The van der Waals surface area contributed by atoms with Gasteiger partial charge in [0.2, 0.25) is 0 Å². The number of ether oxygens (including phenoxy) is 3. The van der Waals surface area contributed by atoms with Crippen LogP contribution in [0.4, 0.5) is 0 Å². The van der Waals surface area contributed by atoms with Gasteiger partial charge in [-0.05, 0) is 42.7 Å². The van der Waals surface area contributed by atoms with E-state index in [1.54, 1.807) is 43.5 Å². The number of hydrogen-bond donors (Lipinski definition) is 1. The zero-order valence-electron chi connectivity index (χ0n) is 19.5. The highest BCUT2D eigenvalue weighted by molar-refractivity contribution is 6.46. The number of benzene rings is 2. The standard InChI is InChI=1S/C26H31NO6/c1-17(2)16-33-19-12-10-18(11-13-19)24(28)22-23(20-8-5-6-9-21(20)32-4)27(14-7-15-31-3)26(30)25(22)29/h5-6,8-13,17,23,28H,7,14-16H2,1-4H3/b24-22+/t23-/m0/s1. The zero-order chi connectivity index (χ0) is 24.0. The quantitative estimate of drug-likeness (QED) is 0.251. The Bertz CT molecular complexity index is 1010. The number of carbonyl (C=O) groups excluding carboxylic acids is 2. The van der Waals surface area contributed by atoms with Crippen LogP contribution in [0, 0.1) is 5.92 Å². The molecular weight excluding hydrogens is 422 g/mol. The number of aliphatic hydroxyl groups is 1. The maximum absolute atomic E-state index is 13.1. The van der Waals surface area contributed by atoms with Crippen molar-refractivity contribution in [2.75, 3.05) is 34.0 Å². The molecule has 1 atom stereocenters. The molecule has 0 aliphatic carbocycles. The van der Waals surface area contributed by atoms with Crippen LogP contribution in [0.1, 0.15) is 37.4 Å². The fourth-order valence-electron chi connectivity index (χ4n) is 3.83. The minimum absolute atomic E-state index is 0.0396. The molecule has 1 aliphatic rings. The molecule has 7 nitrogen and oxygen atoms in total. The van der Waals surface area contributed by atoms with Gasteiger partial charge < -0.3 is 24.2 Å². The number of ketones is 1. The van der Waals surface area contributed by atoms with Crippen molar-refractivity contribution in [1.82, 2.24) is 4.90 Å². The summed E-state index contributed by atoms with van der Waals surface area (Å²) < 4.78 is 16.3. The molecule has 0 spiro atoms. The van der Waals surface area contributed by atoms with Crippen LogP contribution in [-0.2, 0) is 14.3 Å². The molecule has 0 unspecified atom stereocenters. The van der Waals surface area contributed by atoms with Gasteiger partial charge in [-0.2, -0.15) is 0 Å². The minimum Gasteiger partial charge on any atom is -0.507 e. The second kappa shape index (κ2) is 11.0. The van der Waals surface area contributed by atoms with Crippen molar-refractivity contribution < 1.29 is 28.9 Å². The number of amides is 1. The molecule has 1 aliphatic heterocycles. The van der Waals surface area contributed by atoms with Gasteiger partial charge in [-0.3, -0.25) is 9.59 Å². The van der Waals surface area contributed by atoms with Gasteiger partial charge in [0.05, 0.1) is 25.3 Å². The van der Waals surface area contributed by atoms with Gasteiger partial charge in [0.25, 0.3) is 11.7 Å². The predicted molar refractivity (Wildman–Crippen MR) is 125 cm³/mol. The van der Waals surface area contributed by atoms with E-state index in [1.165, 1.54) is 12.0 Å². The van der Waals surface area contributed by atoms with Gasteiger partial charge in [-0.25, -0.2) is 0 Å². The fourth-order valence-corrected chi connectivity index (χ4v) is 3.83. The smallest absolute Gasteiger partial charge is 0.295 e. The third-order valence-electron chi connectivity index (χ3n) is 5.43. The van der Waals surface area contributed by atoms with E-state index in [0.717, 1.165) is 0 Å². The molecule has 3 rings (SSSR count). The molecule has 1 fully saturated rings. The summed E-state index contributed by atoms with van der Waals surface area (Å²) in [7, 11) is 3.12. The third-order valence-corrected chi connectivity index (χ3v) is 5.43. The Morgan fingerprint density at radius 2 is 1.76 bits per heavy atom. The normalized spacial score (nSPS) is 17.6. The predicted octanol–water partition coefficient (Wildman–Crippen LogP) is 4.19. The second-order valence-electron chi connectivity index (χ2n) is 8.31. The Hall–Kier alpha value is -3.32. The summed E-state index contributed by atoms with van der Waals surface area (Å²) in [4.78, 5) is 27.5. The third kappa shape index (κ3) is 5.37. The van der Waals surface area contributed by atoms with Gasteiger partial charge in [0.15, 0.2) is 0 Å². The van der Waals surface area contributed by atoms with Gasteiger partial charge in [0.1, 0.15) is 17.3 Å². The first kappa shape index (κ1) is 24.3. The number of carbonyl (C=O) groups is 2. The zero-order valence-corrected chi connectivity index (χ0v) is 19.5. The monoisotopic (exact) mass is 453 g/mol. The minimum atomic E-state index is -0.769. The van der Waals surface area contributed by atoms with E-state index >= 15 is 0 Å². The molecule has 0 saturated carbocycles. The molecular formula is C26H31NO6. The lowest BCUT2D eigenvalue weighted by molar-refractivity contribution is -0.140. The highest BCUT2D eigenvalue weighted by atomic mass is 16.5. The first-order valence-electron chi connectivity index (χ1n) is 11.0. The Labute approximate surface area is 194 Å². The molecule has 1 amide bonds. The van der Waals surface area contributed by atoms with E-state index in [-0.39, 0.29) is 11.3 Å². The molecule has 0 aromatic heterocycles. The SMILES string of the molecule is COCCCN1C(=O)C(=O)/C(=C(/O)c2ccc(OCC(C)C)cc2)[C@@H]1c1ccccc1OC. The number of hydrogen-bond acceptors (Lipinski definition) is 6. The molecule has 1 heterocycles. The van der Waals surface area contributed by atoms with Crippen LogP contribution in [0.5, 0.6) is 11.5 Å². The number of likely N-dealkylation sites (tertiary alicyclic amines) is 1. The molecule has 176 valence electrons. The lowest BCUT2D eigenvalue weighted by atomic mass is 9.94. The van der Waals surface area contributed by atoms with Crippen molar-refractivity contribution in [2.45, 2.75) is 26.3 Å². The first-order chi connectivity index (χ1) is 15.9. The molecule has 2 aromatic rings. The highest BCUT2D eigenvalue weighted by Gasteiger charge is 2.46. The number of Topliss-reactive ketones (excluding diaryl/α,β-unsaturated/α-hetero) is 1. The Morgan fingerprint density at radius 1 is 1.06 bits per heavy atom. The van der Waals surface area contributed by atoms with E-state index in [2.05, 4.69) is 13.8 Å². The van der Waals surface area contributed by atoms with Crippen molar-refractivity contribution in [3.05, 3.63) is 65.2 Å². The second-order valence-corrected chi connectivity index (χ2v) is 8.31. The summed E-state index contributed by atoms with van der Waals surface area (Å²) in [5.41, 5.74) is 1.11. The van der Waals surface area contributed by atoms with E-state index < -0.39 is 17.7 Å². The number of nitrogens with zero attached hydrogens (tertiary/aromatic N) is 1. The molecule has 1 N–H and O–H groups in total. The average molecular weight is 454 g/mol. The summed E-state index contributed by atoms with van der Waals surface area (Å²) in [5.74, 6) is -0.0191. The van der Waals surface area contributed by atoms with Crippen molar-refractivity contribution >= 4 is 17.4 Å². The van der Waals surface area contributed by atoms with Crippen LogP contribution in [-0.4, -0.2) is 55.7 Å². The number of rotatable bonds is 10. The lowest BCUT2D eigenvalue weighted by Crippen LogP contribution is -2.31. The van der Waals surface area contributed by atoms with E-state index in [9.17, 15) is 14.7 Å². The maximum Gasteiger partial charge on any atom is 0.295 e. The van der Waals surface area contributed by atoms with E-state index in [1.807, 2.05) is 12.1 Å². The van der Waals surface area contributed by atoms with Crippen LogP contribution in [0.25, 0.3) is 5.76 Å². The highest BCUT2D eigenvalue weighted by Crippen LogP contribution is 2.42. The maximum atomic E-state index is 13.1. The van der Waals surface area contributed by atoms with Crippen LogP contribution in [0.3, 0.4) is 0 Å². The number of methoxy groups -OCH3 is 2. The number of aliphatic hydroxyl groups excluding tert-OH is 1. The molecule has 7 heteroatoms. The molecule has 33 heavy (non-hydrogen) atoms. The lowest BCUT2D eigenvalue weighted by Gasteiger charge is -2.26. The van der Waals surface area contributed by atoms with Gasteiger partial charge in [-0.1, -0.05) is 32.0 Å². The topological polar surface area (TPSA) is 85.3 Å². The summed E-state index contributed by atoms with van der Waals surface area (Å²) >= 11 is 0. The largest absolute Gasteiger partial charge is 0.507 e. The Morgan fingerprint density at radius 3 is 2.39 bits per heavy atom. The van der Waals surface area contributed by atoms with Gasteiger partial charge in [-0.15, -0.1) is 0 Å². The average Bonchev–Trinajstić information content (AvgIpc) is 3.07. The molecule has 1 saturated heterocycles. The summed E-state index contributed by atoms with van der Waals surface area (Å²) in [6.45, 7) is 5.44. The van der Waals surface area contributed by atoms with Crippen molar-refractivity contribution in [3.63, 3.8) is 0 Å². The van der Waals surface area contributed by atoms with Crippen molar-refractivity contribution in [2.24, 2.45) is 5.92 Å². The molecule has 2 aromatic carbocycles. The summed E-state index contributed by atoms with van der Waals surface area (Å²) in [6.07, 6.45) is 0.553. The molecule has 0 bridgehead atoms. The fraction of sp³-hybridized carbons (Fsp3) is 0.385. The first-order valence-corrected chi connectivity index (χ1v) is 11.0. The van der Waals surface area contributed by atoms with Gasteiger partial charge >= 0.3 is 0 Å². The van der Waals surface area contributed by atoms with Crippen LogP contribution in [0.15, 0.2) is 54.1 Å². The Kier molecular flexibility index (Phi) is 8.11. The van der Waals surface area contributed by atoms with E-state index in [0.29, 0.717) is 54.7 Å². The van der Waals surface area contributed by atoms with Crippen LogP contribution in [0.2, 0.25) is 0 Å². The van der Waals surface area contributed by atoms with E-state index in [4.69, 9.17) is 14.2 Å². The number of para-hydroxylation sites is 1. The van der Waals surface area contributed by atoms with Crippen molar-refractivity contribution in [1.29, 1.82) is 0 Å². The van der Waals surface area contributed by atoms with Crippen molar-refractivity contribution in [3.8, 4) is 11.5 Å². The summed E-state index contributed by atoms with van der Waals surface area (Å²) in [6, 6.07) is 13.3. The van der Waals surface area contributed by atoms with Gasteiger partial charge in [0, 0.05) is 31.4 Å². The summed E-state index contributed by atoms with van der Waals surface area (Å²) in [5, 5.41) is 11.2. The van der Waals surface area contributed by atoms with Crippen LogP contribution < -0.4 is 9.47 Å². The van der Waals surface area contributed by atoms with Crippen LogP contribution >= 0.6 is 0 Å². The Balaban J connectivity index is 2.05.